The Bertz CT molecular complexity index is 331. The quantitative estimate of drug-likeness (QED) is 0.793. The van der Waals surface area contributed by atoms with Gasteiger partial charge < -0.3 is 5.32 Å². The van der Waals surface area contributed by atoms with Crippen molar-refractivity contribution in [3.05, 3.63) is 35.4 Å². The van der Waals surface area contributed by atoms with Crippen LogP contribution in [0.5, 0.6) is 0 Å². The minimum Gasteiger partial charge on any atom is -0.316 e. The summed E-state index contributed by atoms with van der Waals surface area (Å²) in [6, 6.07) is 4.17. The number of nitrogens with one attached hydrogen (secondary N) is 1. The summed E-state index contributed by atoms with van der Waals surface area (Å²) in [6.45, 7) is 0. The van der Waals surface area contributed by atoms with Crippen LogP contribution in [-0.2, 0) is 0 Å². The molecule has 1 aliphatic rings. The normalized spacial score (nSPS) is 25.8. The average molecular weight is 211 g/mol. The van der Waals surface area contributed by atoms with Crippen molar-refractivity contribution in [2.24, 2.45) is 0 Å². The predicted octanol–water partition coefficient (Wildman–Crippen LogP) is 2.82. The molecule has 0 aliphatic heterocycles. The number of likely N-dealkylation sites (N-methyl/N-ethyl adjacent to an activating group) is 1. The van der Waals surface area contributed by atoms with Gasteiger partial charge in [-0.2, -0.15) is 0 Å². The molecule has 1 saturated carbocycles. The Balaban J connectivity index is 2.28. The Morgan fingerprint density at radius 1 is 1.13 bits per heavy atom. The molecule has 1 aromatic carbocycles. The molecule has 3 heteroatoms. The van der Waals surface area contributed by atoms with Gasteiger partial charge in [0.15, 0.2) is 0 Å². The van der Waals surface area contributed by atoms with E-state index in [0.717, 1.165) is 30.9 Å². The molecule has 0 spiro atoms. The highest BCUT2D eigenvalue weighted by molar-refractivity contribution is 5.24. The molecule has 15 heavy (non-hydrogen) atoms. The van der Waals surface area contributed by atoms with Gasteiger partial charge in [0.1, 0.15) is 11.6 Å². The largest absolute Gasteiger partial charge is 0.316 e. The zero-order valence-corrected chi connectivity index (χ0v) is 8.76. The molecule has 2 atom stereocenters. The van der Waals surface area contributed by atoms with Crippen LogP contribution in [0.25, 0.3) is 0 Å². The lowest BCUT2D eigenvalue weighted by atomic mass is 9.94. The van der Waals surface area contributed by atoms with Crippen molar-refractivity contribution in [2.45, 2.75) is 31.2 Å². The second kappa shape index (κ2) is 4.27. The molecule has 0 unspecified atom stereocenters. The van der Waals surface area contributed by atoms with Gasteiger partial charge in [-0.15, -0.1) is 0 Å². The molecule has 1 N–H and O–H groups in total. The smallest absolute Gasteiger partial charge is 0.126 e. The minimum absolute atomic E-state index is 0.250. The van der Waals surface area contributed by atoms with Crippen LogP contribution in [0.1, 0.15) is 30.7 Å². The van der Waals surface area contributed by atoms with Gasteiger partial charge >= 0.3 is 0 Å². The summed E-state index contributed by atoms with van der Waals surface area (Å²) in [5.41, 5.74) is 0.782. The highest BCUT2D eigenvalue weighted by atomic mass is 19.1. The maximum atomic E-state index is 13.1. The number of benzene rings is 1. The van der Waals surface area contributed by atoms with E-state index in [1.165, 1.54) is 12.1 Å². The van der Waals surface area contributed by atoms with Crippen LogP contribution >= 0.6 is 0 Å². The van der Waals surface area contributed by atoms with Crippen molar-refractivity contribution in [3.8, 4) is 0 Å². The van der Waals surface area contributed by atoms with Gasteiger partial charge in [-0.25, -0.2) is 8.78 Å². The molecule has 2 rings (SSSR count). The summed E-state index contributed by atoms with van der Waals surface area (Å²) in [5, 5.41) is 3.21. The van der Waals surface area contributed by atoms with Crippen molar-refractivity contribution >= 4 is 0 Å². The first-order chi connectivity index (χ1) is 7.20. The summed E-state index contributed by atoms with van der Waals surface area (Å²) >= 11 is 0. The van der Waals surface area contributed by atoms with E-state index in [-0.39, 0.29) is 5.92 Å². The molecule has 0 heterocycles. The average Bonchev–Trinajstić information content (AvgIpc) is 2.63. The maximum Gasteiger partial charge on any atom is 0.126 e. The number of hydrogen-bond donors (Lipinski definition) is 1. The lowest BCUT2D eigenvalue weighted by Gasteiger charge is -2.19. The van der Waals surface area contributed by atoms with E-state index in [1.54, 1.807) is 0 Å². The van der Waals surface area contributed by atoms with Gasteiger partial charge in [-0.05, 0) is 43.5 Å². The van der Waals surface area contributed by atoms with Gasteiger partial charge in [0.2, 0.25) is 0 Å². The van der Waals surface area contributed by atoms with Crippen LogP contribution in [0.2, 0.25) is 0 Å². The molecular formula is C12H15F2N. The van der Waals surface area contributed by atoms with Crippen molar-refractivity contribution in [2.75, 3.05) is 7.05 Å². The maximum absolute atomic E-state index is 13.1. The van der Waals surface area contributed by atoms with Crippen LogP contribution in [0.4, 0.5) is 8.78 Å². The van der Waals surface area contributed by atoms with Crippen LogP contribution in [-0.4, -0.2) is 13.1 Å². The summed E-state index contributed by atoms with van der Waals surface area (Å²) < 4.78 is 26.1. The fourth-order valence-electron chi connectivity index (χ4n) is 2.49. The Labute approximate surface area is 88.5 Å². The van der Waals surface area contributed by atoms with E-state index < -0.39 is 11.6 Å². The zero-order chi connectivity index (χ0) is 10.8. The zero-order valence-electron chi connectivity index (χ0n) is 8.76. The molecule has 82 valence electrons. The highest BCUT2D eigenvalue weighted by Crippen LogP contribution is 2.34. The van der Waals surface area contributed by atoms with E-state index in [0.29, 0.717) is 6.04 Å². The monoisotopic (exact) mass is 211 g/mol. The Morgan fingerprint density at radius 2 is 1.80 bits per heavy atom. The number of hydrogen-bond acceptors (Lipinski definition) is 1. The first-order valence-corrected chi connectivity index (χ1v) is 5.34. The molecule has 1 nitrogen and oxygen atoms in total. The molecule has 0 radical (unpaired) electrons. The molecule has 0 amide bonds. The summed E-state index contributed by atoms with van der Waals surface area (Å²) in [5.74, 6) is -0.710. The van der Waals surface area contributed by atoms with E-state index in [4.69, 9.17) is 0 Å². The summed E-state index contributed by atoms with van der Waals surface area (Å²) in [6.07, 6.45) is 3.21. The van der Waals surface area contributed by atoms with Gasteiger partial charge in [0.05, 0.1) is 0 Å². The van der Waals surface area contributed by atoms with E-state index >= 15 is 0 Å². The lowest BCUT2D eigenvalue weighted by Crippen LogP contribution is -2.27. The fraction of sp³-hybridized carbons (Fsp3) is 0.500. The van der Waals surface area contributed by atoms with Crippen molar-refractivity contribution in [3.63, 3.8) is 0 Å². The molecule has 0 saturated heterocycles. The molecular weight excluding hydrogens is 196 g/mol. The lowest BCUT2D eigenvalue weighted by molar-refractivity contribution is 0.512. The predicted molar refractivity (Wildman–Crippen MR) is 55.8 cm³/mol. The highest BCUT2D eigenvalue weighted by Gasteiger charge is 2.27. The third-order valence-electron chi connectivity index (χ3n) is 3.20. The molecule has 1 aromatic rings. The topological polar surface area (TPSA) is 12.0 Å². The van der Waals surface area contributed by atoms with E-state index in [2.05, 4.69) is 5.32 Å². The van der Waals surface area contributed by atoms with Crippen molar-refractivity contribution < 1.29 is 8.78 Å². The Kier molecular flexibility index (Phi) is 3.00. The van der Waals surface area contributed by atoms with Crippen LogP contribution in [0, 0.1) is 11.6 Å². The van der Waals surface area contributed by atoms with Gasteiger partial charge in [-0.3, -0.25) is 0 Å². The standard InChI is InChI=1S/C12H15F2N/c1-15-12-4-2-3-11(12)8-5-9(13)7-10(14)6-8/h5-7,11-12,15H,2-4H2,1H3/t11-,12+/m1/s1. The third kappa shape index (κ3) is 2.17. The van der Waals surface area contributed by atoms with Crippen molar-refractivity contribution in [1.82, 2.24) is 5.32 Å². The fourth-order valence-corrected chi connectivity index (χ4v) is 2.49. The Hall–Kier alpha value is -0.960. The molecule has 0 aromatic heterocycles. The summed E-state index contributed by atoms with van der Waals surface area (Å²) in [4.78, 5) is 0. The second-order valence-corrected chi connectivity index (χ2v) is 4.14. The first-order valence-electron chi connectivity index (χ1n) is 5.34. The molecule has 0 bridgehead atoms. The van der Waals surface area contributed by atoms with E-state index in [9.17, 15) is 8.78 Å². The second-order valence-electron chi connectivity index (χ2n) is 4.14. The SMILES string of the molecule is CN[C@H]1CCC[C@@H]1c1cc(F)cc(F)c1. The van der Waals surface area contributed by atoms with Gasteiger partial charge in [0, 0.05) is 12.1 Å². The third-order valence-corrected chi connectivity index (χ3v) is 3.20. The molecule has 1 fully saturated rings. The van der Waals surface area contributed by atoms with Crippen LogP contribution in [0.15, 0.2) is 18.2 Å². The van der Waals surface area contributed by atoms with Crippen LogP contribution in [0.3, 0.4) is 0 Å². The van der Waals surface area contributed by atoms with E-state index in [1.807, 2.05) is 7.05 Å². The Morgan fingerprint density at radius 3 is 2.40 bits per heavy atom. The number of halogens is 2. The minimum atomic E-state index is -0.480. The van der Waals surface area contributed by atoms with Gasteiger partial charge in [-0.1, -0.05) is 6.42 Å². The summed E-state index contributed by atoms with van der Waals surface area (Å²) in [7, 11) is 1.90. The van der Waals surface area contributed by atoms with Gasteiger partial charge in [0.25, 0.3) is 0 Å². The molecule has 1 aliphatic carbocycles. The van der Waals surface area contributed by atoms with Crippen molar-refractivity contribution in [1.29, 1.82) is 0 Å². The first kappa shape index (κ1) is 10.6. The number of rotatable bonds is 2. The van der Waals surface area contributed by atoms with Crippen LogP contribution < -0.4 is 5.32 Å².